The number of hydrogen-bond donors (Lipinski definition) is 1. The van der Waals surface area contributed by atoms with E-state index in [9.17, 15) is 4.79 Å². The highest BCUT2D eigenvalue weighted by Gasteiger charge is 2.27. The van der Waals surface area contributed by atoms with Crippen molar-refractivity contribution in [2.75, 3.05) is 11.4 Å². The van der Waals surface area contributed by atoms with E-state index >= 15 is 0 Å². The molecule has 1 aromatic carbocycles. The Bertz CT molecular complexity index is 1390. The average Bonchev–Trinajstić information content (AvgIpc) is 3.21. The molecule has 0 saturated heterocycles. The van der Waals surface area contributed by atoms with Crippen LogP contribution in [0.5, 0.6) is 0 Å². The summed E-state index contributed by atoms with van der Waals surface area (Å²) in [5.74, 6) is 1.66. The molecule has 1 aliphatic heterocycles. The van der Waals surface area contributed by atoms with Crippen LogP contribution in [-0.2, 0) is 25.8 Å². The summed E-state index contributed by atoms with van der Waals surface area (Å²) in [5, 5.41) is 1.19. The van der Waals surface area contributed by atoms with Crippen LogP contribution >= 0.6 is 11.3 Å². The molecule has 4 heterocycles. The quantitative estimate of drug-likeness (QED) is 0.510. The smallest absolute Gasteiger partial charge is 0.255 e. The molecule has 6 rings (SSSR count). The molecule has 1 N–H and O–H groups in total. The van der Waals surface area contributed by atoms with Crippen molar-refractivity contribution in [1.82, 2.24) is 19.9 Å². The summed E-state index contributed by atoms with van der Waals surface area (Å²) in [6.07, 6.45) is 10.9. The Hall–Kier alpha value is -3.32. The molecule has 0 radical (unpaired) electrons. The number of nitrogens with zero attached hydrogens (tertiary/aromatic N) is 4. The van der Waals surface area contributed by atoms with Gasteiger partial charge in [0.05, 0.1) is 29.5 Å². The lowest BCUT2D eigenvalue weighted by molar-refractivity contribution is 0.686. The molecular formula is C25H23N5OS. The van der Waals surface area contributed by atoms with Gasteiger partial charge in [-0.05, 0) is 42.9 Å². The second-order valence-electron chi connectivity index (χ2n) is 8.37. The highest BCUT2D eigenvalue weighted by atomic mass is 32.1. The number of nitrogens with one attached hydrogen (secondary N) is 1. The van der Waals surface area contributed by atoms with Gasteiger partial charge in [-0.3, -0.25) is 4.79 Å². The van der Waals surface area contributed by atoms with Crippen LogP contribution in [0, 0.1) is 0 Å². The van der Waals surface area contributed by atoms with Gasteiger partial charge in [0.25, 0.3) is 5.56 Å². The van der Waals surface area contributed by atoms with Crippen LogP contribution in [0.2, 0.25) is 0 Å². The third-order valence-corrected chi connectivity index (χ3v) is 7.53. The number of hydrogen-bond acceptors (Lipinski definition) is 6. The number of fused-ring (bicyclic) bond motifs is 4. The minimum atomic E-state index is -0.0541. The van der Waals surface area contributed by atoms with Crippen molar-refractivity contribution in [3.63, 3.8) is 0 Å². The lowest BCUT2D eigenvalue weighted by Crippen LogP contribution is -2.36. The van der Waals surface area contributed by atoms with E-state index in [2.05, 4.69) is 33.1 Å². The molecule has 0 fully saturated rings. The van der Waals surface area contributed by atoms with Crippen LogP contribution < -0.4 is 10.5 Å². The molecule has 4 aromatic rings. The molecule has 2 aliphatic rings. The molecule has 0 unspecified atom stereocenters. The predicted molar refractivity (Wildman–Crippen MR) is 129 cm³/mol. The lowest BCUT2D eigenvalue weighted by Gasteiger charge is -2.29. The van der Waals surface area contributed by atoms with Crippen molar-refractivity contribution in [2.45, 2.75) is 38.6 Å². The topological polar surface area (TPSA) is 74.8 Å². The van der Waals surface area contributed by atoms with Crippen molar-refractivity contribution >= 4 is 39.5 Å². The van der Waals surface area contributed by atoms with E-state index in [4.69, 9.17) is 9.97 Å². The van der Waals surface area contributed by atoms with Gasteiger partial charge in [0, 0.05) is 17.8 Å². The summed E-state index contributed by atoms with van der Waals surface area (Å²) in [7, 11) is 0. The third-order valence-electron chi connectivity index (χ3n) is 6.34. The minimum absolute atomic E-state index is 0.0541. The highest BCUT2D eigenvalue weighted by molar-refractivity contribution is 7.19. The van der Waals surface area contributed by atoms with E-state index in [0.717, 1.165) is 53.3 Å². The van der Waals surface area contributed by atoms with E-state index in [0.29, 0.717) is 12.4 Å². The maximum absolute atomic E-state index is 12.4. The van der Waals surface area contributed by atoms with Gasteiger partial charge in [-0.1, -0.05) is 36.4 Å². The molecule has 32 heavy (non-hydrogen) atoms. The zero-order chi connectivity index (χ0) is 21.5. The van der Waals surface area contributed by atoms with Gasteiger partial charge >= 0.3 is 0 Å². The Morgan fingerprint density at radius 3 is 2.78 bits per heavy atom. The Morgan fingerprint density at radius 1 is 1.00 bits per heavy atom. The fraction of sp³-hybridized carbons (Fsp3) is 0.280. The second kappa shape index (κ2) is 7.98. The molecule has 0 bridgehead atoms. The molecule has 6 nitrogen and oxygen atoms in total. The summed E-state index contributed by atoms with van der Waals surface area (Å²) in [5.41, 5.74) is 4.12. The van der Waals surface area contributed by atoms with Gasteiger partial charge in [-0.2, -0.15) is 0 Å². The first-order valence-electron chi connectivity index (χ1n) is 11.1. The molecule has 1 aliphatic carbocycles. The monoisotopic (exact) mass is 441 g/mol. The lowest BCUT2D eigenvalue weighted by atomic mass is 9.96. The number of thiophene rings is 1. The van der Waals surface area contributed by atoms with Crippen LogP contribution in [0.4, 0.5) is 5.82 Å². The third kappa shape index (κ3) is 3.42. The normalized spacial score (nSPS) is 15.8. The molecule has 0 atom stereocenters. The van der Waals surface area contributed by atoms with Crippen LogP contribution in [0.1, 0.15) is 45.9 Å². The Labute approximate surface area is 189 Å². The first-order chi connectivity index (χ1) is 15.8. The van der Waals surface area contributed by atoms with Gasteiger partial charge < -0.3 is 9.88 Å². The van der Waals surface area contributed by atoms with Crippen LogP contribution in [-0.4, -0.2) is 26.5 Å². The van der Waals surface area contributed by atoms with Crippen LogP contribution in [0.25, 0.3) is 22.4 Å². The minimum Gasteiger partial charge on any atom is -0.351 e. The summed E-state index contributed by atoms with van der Waals surface area (Å²) < 4.78 is 0. The van der Waals surface area contributed by atoms with Crippen molar-refractivity contribution in [2.24, 2.45) is 0 Å². The van der Waals surface area contributed by atoms with Gasteiger partial charge in [0.2, 0.25) is 0 Å². The summed E-state index contributed by atoms with van der Waals surface area (Å²) in [4.78, 5) is 34.3. The molecule has 0 amide bonds. The van der Waals surface area contributed by atoms with E-state index in [1.165, 1.54) is 35.0 Å². The molecule has 7 heteroatoms. The second-order valence-corrected chi connectivity index (χ2v) is 9.45. The van der Waals surface area contributed by atoms with E-state index in [-0.39, 0.29) is 5.56 Å². The van der Waals surface area contributed by atoms with Gasteiger partial charge in [0.1, 0.15) is 10.6 Å². The number of aromatic amines is 1. The molecule has 0 spiro atoms. The van der Waals surface area contributed by atoms with E-state index < -0.39 is 0 Å². The fourth-order valence-corrected chi connectivity index (χ4v) is 5.99. The van der Waals surface area contributed by atoms with Crippen LogP contribution in [0.3, 0.4) is 0 Å². The molecular weight excluding hydrogens is 418 g/mol. The maximum Gasteiger partial charge on any atom is 0.255 e. The van der Waals surface area contributed by atoms with Gasteiger partial charge in [0.15, 0.2) is 5.82 Å². The van der Waals surface area contributed by atoms with E-state index in [1.807, 2.05) is 35.6 Å². The number of aromatic nitrogens is 4. The fourth-order valence-electron chi connectivity index (χ4n) is 4.73. The van der Waals surface area contributed by atoms with E-state index in [1.54, 1.807) is 0 Å². The number of anilines is 1. The summed E-state index contributed by atoms with van der Waals surface area (Å²) in [6.45, 7) is 1.32. The first-order valence-corrected chi connectivity index (χ1v) is 11.9. The van der Waals surface area contributed by atoms with Crippen molar-refractivity contribution in [3.05, 3.63) is 80.1 Å². The summed E-state index contributed by atoms with van der Waals surface area (Å²) >= 11 is 1.81. The molecule has 3 aromatic heterocycles. The van der Waals surface area contributed by atoms with Gasteiger partial charge in [-0.25, -0.2) is 15.0 Å². The highest BCUT2D eigenvalue weighted by Crippen LogP contribution is 2.40. The van der Waals surface area contributed by atoms with Crippen LogP contribution in [0.15, 0.2) is 41.5 Å². The number of benzene rings is 1. The first kappa shape index (κ1) is 19.4. The van der Waals surface area contributed by atoms with Crippen molar-refractivity contribution < 1.29 is 0 Å². The standard InChI is InChI=1S/C25H23N5OS/c31-24-18-14-30(13-12-19(18)26-15-27-24)23-22-17-8-4-5-9-20(17)32-25(22)29-21(28-23)11-10-16-6-2-1-3-7-16/h1-3,6-7,10-11,15H,4-5,8-9,12-14H2,(H,26,27,31). The summed E-state index contributed by atoms with van der Waals surface area (Å²) in [6, 6.07) is 10.2. The molecule has 160 valence electrons. The van der Waals surface area contributed by atoms with Gasteiger partial charge in [-0.15, -0.1) is 11.3 Å². The number of rotatable bonds is 3. The Morgan fingerprint density at radius 2 is 1.88 bits per heavy atom. The SMILES string of the molecule is O=c1[nH]cnc2c1CN(c1nc(C=Cc3ccccc3)nc3sc4c(c13)CCCC4)CC2. The molecule has 0 saturated carbocycles. The average molecular weight is 442 g/mol. The maximum atomic E-state index is 12.4. The number of H-pyrrole nitrogens is 1. The largest absolute Gasteiger partial charge is 0.351 e. The zero-order valence-corrected chi connectivity index (χ0v) is 18.5. The Kier molecular flexibility index (Phi) is 4.83. The Balaban J connectivity index is 1.48. The number of aryl methyl sites for hydroxylation is 2. The van der Waals surface area contributed by atoms with Crippen molar-refractivity contribution in [1.29, 1.82) is 0 Å². The zero-order valence-electron chi connectivity index (χ0n) is 17.7. The predicted octanol–water partition coefficient (Wildman–Crippen LogP) is 4.39. The van der Waals surface area contributed by atoms with Crippen molar-refractivity contribution in [3.8, 4) is 0 Å².